The van der Waals surface area contributed by atoms with Gasteiger partial charge in [0.25, 0.3) is 0 Å². The first kappa shape index (κ1) is 22.2. The number of rotatable bonds is 3. The molecular weight excluding hydrogens is 438 g/mol. The maximum Gasteiger partial charge on any atom is 0.317 e. The molecule has 1 fully saturated rings. The van der Waals surface area contributed by atoms with Crippen LogP contribution in [0.3, 0.4) is 0 Å². The largest absolute Gasteiger partial charge is 0.493 e. The van der Waals surface area contributed by atoms with E-state index >= 15 is 0 Å². The maximum absolute atomic E-state index is 13.5. The highest BCUT2D eigenvalue weighted by Crippen LogP contribution is 2.35. The van der Waals surface area contributed by atoms with E-state index in [2.05, 4.69) is 60.6 Å². The number of aryl methyl sites for hydroxylation is 2. The molecule has 0 bridgehead atoms. The van der Waals surface area contributed by atoms with Crippen molar-refractivity contribution in [1.82, 2.24) is 24.9 Å². The van der Waals surface area contributed by atoms with E-state index in [1.54, 1.807) is 0 Å². The molecule has 35 heavy (non-hydrogen) atoms. The highest BCUT2D eigenvalue weighted by Gasteiger charge is 2.36. The zero-order chi connectivity index (χ0) is 24.1. The van der Waals surface area contributed by atoms with Gasteiger partial charge in [-0.15, -0.1) is 0 Å². The molecule has 2 aromatic carbocycles. The average molecular weight is 472 g/mol. The standard InChI is InChI=1S/C28H33N5O2/c1-18-6-4-5-7-21(18)22-15-31(2)17-24(22)29-28(34)33-12-10-25-23(16-33)27(30-32(25)3)20-8-9-26-19(14-20)11-13-35-26/h4-9,14,22,24H,10-13,15-17H2,1-3H3,(H,29,34)/t22-,24?/m0/s1. The molecule has 0 aliphatic carbocycles. The van der Waals surface area contributed by atoms with Crippen molar-refractivity contribution < 1.29 is 9.53 Å². The number of amides is 2. The average Bonchev–Trinajstić information content (AvgIpc) is 3.56. The van der Waals surface area contributed by atoms with E-state index < -0.39 is 0 Å². The van der Waals surface area contributed by atoms with Crippen molar-refractivity contribution in [2.24, 2.45) is 7.05 Å². The third-order valence-corrected chi connectivity index (χ3v) is 7.89. The Morgan fingerprint density at radius 3 is 2.83 bits per heavy atom. The third-order valence-electron chi connectivity index (χ3n) is 7.89. The lowest BCUT2D eigenvalue weighted by atomic mass is 9.91. The molecule has 182 valence electrons. The Morgan fingerprint density at radius 2 is 1.97 bits per heavy atom. The van der Waals surface area contributed by atoms with Crippen LogP contribution in [0.4, 0.5) is 4.79 Å². The van der Waals surface area contributed by atoms with E-state index in [4.69, 9.17) is 9.84 Å². The van der Waals surface area contributed by atoms with Crippen LogP contribution in [0.15, 0.2) is 42.5 Å². The van der Waals surface area contributed by atoms with Crippen LogP contribution in [0.25, 0.3) is 11.3 Å². The molecule has 1 unspecified atom stereocenters. The third kappa shape index (κ3) is 3.97. The molecule has 3 aromatic rings. The van der Waals surface area contributed by atoms with Crippen LogP contribution in [0, 0.1) is 6.92 Å². The Hall–Kier alpha value is -3.32. The zero-order valence-electron chi connectivity index (χ0n) is 20.8. The van der Waals surface area contributed by atoms with Gasteiger partial charge in [0.2, 0.25) is 0 Å². The van der Waals surface area contributed by atoms with Crippen molar-refractivity contribution in [1.29, 1.82) is 0 Å². The molecule has 0 saturated carbocycles. The predicted molar refractivity (Wildman–Crippen MR) is 136 cm³/mol. The van der Waals surface area contributed by atoms with Gasteiger partial charge < -0.3 is 19.9 Å². The topological polar surface area (TPSA) is 62.6 Å². The fraction of sp³-hybridized carbons (Fsp3) is 0.429. The fourth-order valence-electron chi connectivity index (χ4n) is 6.05. The first-order valence-electron chi connectivity index (χ1n) is 12.6. The molecule has 7 nitrogen and oxygen atoms in total. The number of likely N-dealkylation sites (tertiary alicyclic amines) is 1. The van der Waals surface area contributed by atoms with Gasteiger partial charge in [0.15, 0.2) is 0 Å². The van der Waals surface area contributed by atoms with Gasteiger partial charge in [0.05, 0.1) is 24.9 Å². The van der Waals surface area contributed by atoms with Crippen molar-refractivity contribution in [3.63, 3.8) is 0 Å². The molecule has 0 spiro atoms. The normalized spacial score (nSPS) is 21.5. The molecule has 3 aliphatic rings. The number of hydrogen-bond acceptors (Lipinski definition) is 4. The number of carbonyl (C=O) groups is 1. The van der Waals surface area contributed by atoms with Crippen molar-refractivity contribution in [3.05, 3.63) is 70.4 Å². The van der Waals surface area contributed by atoms with Crippen LogP contribution in [-0.4, -0.2) is 64.9 Å². The van der Waals surface area contributed by atoms with Crippen molar-refractivity contribution in [2.75, 3.05) is 33.3 Å². The molecular formula is C28H33N5O2. The number of urea groups is 1. The second-order valence-electron chi connectivity index (χ2n) is 10.2. The molecule has 3 aliphatic heterocycles. The van der Waals surface area contributed by atoms with Crippen LogP contribution >= 0.6 is 0 Å². The Balaban J connectivity index is 1.22. The minimum atomic E-state index is 0.0201. The summed E-state index contributed by atoms with van der Waals surface area (Å²) in [6.45, 7) is 6.00. The van der Waals surface area contributed by atoms with Gasteiger partial charge in [-0.3, -0.25) is 4.68 Å². The second kappa shape index (κ2) is 8.72. The summed E-state index contributed by atoms with van der Waals surface area (Å²) in [6, 6.07) is 15.0. The van der Waals surface area contributed by atoms with E-state index in [1.807, 2.05) is 22.7 Å². The number of benzene rings is 2. The molecule has 6 rings (SSSR count). The van der Waals surface area contributed by atoms with E-state index in [9.17, 15) is 4.79 Å². The first-order chi connectivity index (χ1) is 17.0. The maximum atomic E-state index is 13.5. The van der Waals surface area contributed by atoms with Crippen molar-refractivity contribution in [3.8, 4) is 17.0 Å². The number of nitrogens with zero attached hydrogens (tertiary/aromatic N) is 4. The number of ether oxygens (including phenoxy) is 1. The molecule has 2 atom stereocenters. The van der Waals surface area contributed by atoms with Gasteiger partial charge in [0.1, 0.15) is 5.75 Å². The number of nitrogens with one attached hydrogen (secondary N) is 1. The Kier molecular flexibility index (Phi) is 5.52. The van der Waals surface area contributed by atoms with Gasteiger partial charge in [-0.25, -0.2) is 4.79 Å². The Labute approximate surface area is 206 Å². The lowest BCUT2D eigenvalue weighted by Gasteiger charge is -2.30. The summed E-state index contributed by atoms with van der Waals surface area (Å²) < 4.78 is 7.67. The van der Waals surface area contributed by atoms with Crippen LogP contribution in [0.2, 0.25) is 0 Å². The number of fused-ring (bicyclic) bond motifs is 2. The quantitative estimate of drug-likeness (QED) is 0.635. The summed E-state index contributed by atoms with van der Waals surface area (Å²) >= 11 is 0. The molecule has 1 N–H and O–H groups in total. The number of hydrogen-bond donors (Lipinski definition) is 1. The lowest BCUT2D eigenvalue weighted by Crippen LogP contribution is -2.48. The van der Waals surface area contributed by atoms with E-state index in [1.165, 1.54) is 22.4 Å². The summed E-state index contributed by atoms with van der Waals surface area (Å²) in [4.78, 5) is 17.8. The lowest BCUT2D eigenvalue weighted by molar-refractivity contribution is 0.187. The molecule has 7 heteroatoms. The van der Waals surface area contributed by atoms with Crippen LogP contribution in [0.5, 0.6) is 5.75 Å². The second-order valence-corrected chi connectivity index (χ2v) is 10.2. The molecule has 4 heterocycles. The number of aromatic nitrogens is 2. The molecule has 0 radical (unpaired) electrons. The van der Waals surface area contributed by atoms with Crippen LogP contribution in [-0.2, 0) is 26.4 Å². The van der Waals surface area contributed by atoms with E-state index in [-0.39, 0.29) is 12.1 Å². The Morgan fingerprint density at radius 1 is 1.11 bits per heavy atom. The summed E-state index contributed by atoms with van der Waals surface area (Å²) in [5.74, 6) is 1.28. The highest BCUT2D eigenvalue weighted by molar-refractivity contribution is 5.76. The fourth-order valence-corrected chi connectivity index (χ4v) is 6.05. The van der Waals surface area contributed by atoms with Crippen molar-refractivity contribution in [2.45, 2.75) is 38.3 Å². The minimum Gasteiger partial charge on any atom is -0.493 e. The van der Waals surface area contributed by atoms with Crippen LogP contribution < -0.4 is 10.1 Å². The van der Waals surface area contributed by atoms with Gasteiger partial charge in [-0.2, -0.15) is 5.10 Å². The summed E-state index contributed by atoms with van der Waals surface area (Å²) in [5, 5.41) is 8.25. The summed E-state index contributed by atoms with van der Waals surface area (Å²) in [6.07, 6.45) is 1.75. The molecule has 1 saturated heterocycles. The monoisotopic (exact) mass is 471 g/mol. The van der Waals surface area contributed by atoms with Gasteiger partial charge in [-0.05, 0) is 48.9 Å². The van der Waals surface area contributed by atoms with E-state index in [0.717, 1.165) is 55.1 Å². The van der Waals surface area contributed by atoms with Crippen LogP contribution in [0.1, 0.15) is 33.9 Å². The minimum absolute atomic E-state index is 0.0201. The van der Waals surface area contributed by atoms with Crippen molar-refractivity contribution >= 4 is 6.03 Å². The smallest absolute Gasteiger partial charge is 0.317 e. The Bertz CT molecular complexity index is 1280. The highest BCUT2D eigenvalue weighted by atomic mass is 16.5. The summed E-state index contributed by atoms with van der Waals surface area (Å²) in [5.41, 5.74) is 8.32. The molecule has 2 amide bonds. The van der Waals surface area contributed by atoms with Gasteiger partial charge in [-0.1, -0.05) is 24.3 Å². The van der Waals surface area contributed by atoms with Gasteiger partial charge in [0, 0.05) is 62.3 Å². The SMILES string of the molecule is Cc1ccccc1[C@@H]1CN(C)CC1NC(=O)N1CCc2c(c(-c3ccc4c(c3)CCO4)nn2C)C1. The molecule has 1 aromatic heterocycles. The number of likely N-dealkylation sites (N-methyl/N-ethyl adjacent to an activating group) is 1. The van der Waals surface area contributed by atoms with Gasteiger partial charge >= 0.3 is 6.03 Å². The first-order valence-corrected chi connectivity index (χ1v) is 12.6. The predicted octanol–water partition coefficient (Wildman–Crippen LogP) is 3.50. The zero-order valence-corrected chi connectivity index (χ0v) is 20.8. The van der Waals surface area contributed by atoms with E-state index in [0.29, 0.717) is 19.0 Å². The summed E-state index contributed by atoms with van der Waals surface area (Å²) in [7, 11) is 4.14. The number of carbonyl (C=O) groups excluding carboxylic acids is 1.